The first-order valence-corrected chi connectivity index (χ1v) is 8.46. The predicted octanol–water partition coefficient (Wildman–Crippen LogP) is 1.50. The summed E-state index contributed by atoms with van der Waals surface area (Å²) in [4.78, 5) is 40.5. The molecular formula is C20H18N4O3. The first-order valence-electron chi connectivity index (χ1n) is 8.46. The number of H-pyrrole nitrogens is 1. The summed E-state index contributed by atoms with van der Waals surface area (Å²) in [5.74, 6) is -0.430. The number of nitrogens with one attached hydrogen (secondary N) is 2. The smallest absolute Gasteiger partial charge is 0.266 e. The van der Waals surface area contributed by atoms with Gasteiger partial charge in [-0.3, -0.25) is 14.4 Å². The van der Waals surface area contributed by atoms with E-state index in [-0.39, 0.29) is 23.8 Å². The van der Waals surface area contributed by atoms with Crippen molar-refractivity contribution in [2.45, 2.75) is 19.4 Å². The Balaban J connectivity index is 1.77. The van der Waals surface area contributed by atoms with Gasteiger partial charge in [-0.25, -0.2) is 0 Å². The molecule has 0 radical (unpaired) electrons. The number of nitrogens with zero attached hydrogens (tertiary/aromatic N) is 2. The van der Waals surface area contributed by atoms with Gasteiger partial charge in [-0.05, 0) is 29.3 Å². The number of carbonyl (C=O) groups excluding carboxylic acids is 2. The molecule has 7 heteroatoms. The number of aromatic nitrogens is 1. The van der Waals surface area contributed by atoms with Crippen LogP contribution in [0, 0.1) is 11.3 Å². The quantitative estimate of drug-likeness (QED) is 0.804. The van der Waals surface area contributed by atoms with E-state index in [9.17, 15) is 14.4 Å². The standard InChI is InChI=1S/C20H18N4O3/c1-2-18(25)22-16-6-4-3-5-13(16)10-19(26)24-8-7-17-15(12-24)9-14(11-21)20(27)23-17/h2-6,9H,1,7-8,10,12H2,(H,22,25)(H,23,27). The van der Waals surface area contributed by atoms with E-state index in [0.29, 0.717) is 30.8 Å². The molecule has 27 heavy (non-hydrogen) atoms. The average Bonchev–Trinajstić information content (AvgIpc) is 2.68. The number of rotatable bonds is 4. The Kier molecular flexibility index (Phi) is 5.18. The normalized spacial score (nSPS) is 12.6. The summed E-state index contributed by atoms with van der Waals surface area (Å²) >= 11 is 0. The number of hydrogen-bond acceptors (Lipinski definition) is 4. The van der Waals surface area contributed by atoms with Gasteiger partial charge in [-0.2, -0.15) is 5.26 Å². The average molecular weight is 362 g/mol. The van der Waals surface area contributed by atoms with E-state index in [1.165, 1.54) is 6.08 Å². The van der Waals surface area contributed by atoms with Gasteiger partial charge in [0.15, 0.2) is 0 Å². The van der Waals surface area contributed by atoms with Gasteiger partial charge in [0.25, 0.3) is 5.56 Å². The Morgan fingerprint density at radius 1 is 1.37 bits per heavy atom. The maximum Gasteiger partial charge on any atom is 0.266 e. The second-order valence-electron chi connectivity index (χ2n) is 6.22. The maximum atomic E-state index is 12.8. The number of anilines is 1. The summed E-state index contributed by atoms with van der Waals surface area (Å²) in [6.45, 7) is 4.24. The van der Waals surface area contributed by atoms with Crippen molar-refractivity contribution in [3.63, 3.8) is 0 Å². The molecule has 0 atom stereocenters. The number of amides is 2. The summed E-state index contributed by atoms with van der Waals surface area (Å²) in [6, 6.07) is 10.5. The van der Waals surface area contributed by atoms with Crippen LogP contribution in [0.25, 0.3) is 0 Å². The first-order chi connectivity index (χ1) is 13.0. The predicted molar refractivity (Wildman–Crippen MR) is 99.9 cm³/mol. The number of benzene rings is 1. The molecule has 2 heterocycles. The summed E-state index contributed by atoms with van der Waals surface area (Å²) in [7, 11) is 0. The summed E-state index contributed by atoms with van der Waals surface area (Å²) < 4.78 is 0. The number of pyridine rings is 1. The van der Waals surface area contributed by atoms with E-state index in [1.54, 1.807) is 29.2 Å². The van der Waals surface area contributed by atoms with Crippen molar-refractivity contribution in [2.75, 3.05) is 11.9 Å². The Morgan fingerprint density at radius 3 is 2.89 bits per heavy atom. The molecule has 1 aliphatic rings. The van der Waals surface area contributed by atoms with Crippen molar-refractivity contribution in [3.05, 3.63) is 75.7 Å². The van der Waals surface area contributed by atoms with Crippen LogP contribution in [0.1, 0.15) is 22.4 Å². The lowest BCUT2D eigenvalue weighted by Crippen LogP contribution is -2.38. The summed E-state index contributed by atoms with van der Waals surface area (Å²) in [5, 5.41) is 11.7. The lowest BCUT2D eigenvalue weighted by atomic mass is 10.0. The minimum atomic E-state index is -0.400. The van der Waals surface area contributed by atoms with Crippen LogP contribution in [0.15, 0.2) is 47.8 Å². The van der Waals surface area contributed by atoms with Crippen molar-refractivity contribution in [1.29, 1.82) is 5.26 Å². The topological polar surface area (TPSA) is 106 Å². The molecule has 0 fully saturated rings. The lowest BCUT2D eigenvalue weighted by Gasteiger charge is -2.29. The van der Waals surface area contributed by atoms with Gasteiger partial charge in [0.2, 0.25) is 11.8 Å². The fourth-order valence-electron chi connectivity index (χ4n) is 3.06. The highest BCUT2D eigenvalue weighted by molar-refractivity contribution is 5.99. The van der Waals surface area contributed by atoms with Crippen molar-refractivity contribution < 1.29 is 9.59 Å². The monoisotopic (exact) mass is 362 g/mol. The van der Waals surface area contributed by atoms with Gasteiger partial charge >= 0.3 is 0 Å². The Bertz CT molecular complexity index is 1020. The maximum absolute atomic E-state index is 12.8. The molecule has 1 aromatic carbocycles. The SMILES string of the molecule is C=CC(=O)Nc1ccccc1CC(=O)N1CCc2[nH]c(=O)c(C#N)cc2C1. The molecule has 1 aromatic heterocycles. The molecule has 0 saturated heterocycles. The van der Waals surface area contributed by atoms with Gasteiger partial charge in [-0.15, -0.1) is 0 Å². The van der Waals surface area contributed by atoms with E-state index in [0.717, 1.165) is 11.3 Å². The fraction of sp³-hybridized carbons (Fsp3) is 0.200. The minimum absolute atomic E-state index is 0.0422. The second-order valence-corrected chi connectivity index (χ2v) is 6.22. The van der Waals surface area contributed by atoms with Crippen LogP contribution in [-0.2, 0) is 29.0 Å². The van der Waals surface area contributed by atoms with Crippen molar-refractivity contribution >= 4 is 17.5 Å². The molecule has 2 aromatic rings. The molecular weight excluding hydrogens is 344 g/mol. The van der Waals surface area contributed by atoms with E-state index in [1.807, 2.05) is 12.1 Å². The number of nitriles is 1. The van der Waals surface area contributed by atoms with Crippen molar-refractivity contribution in [2.24, 2.45) is 0 Å². The Morgan fingerprint density at radius 2 is 2.15 bits per heavy atom. The number of hydrogen-bond donors (Lipinski definition) is 2. The van der Waals surface area contributed by atoms with E-state index in [4.69, 9.17) is 5.26 Å². The van der Waals surface area contributed by atoms with Gasteiger partial charge in [0, 0.05) is 30.9 Å². The molecule has 0 bridgehead atoms. The van der Waals surface area contributed by atoms with Crippen molar-refractivity contribution in [1.82, 2.24) is 9.88 Å². The molecule has 0 spiro atoms. The van der Waals surface area contributed by atoms with Gasteiger partial charge in [0.05, 0.1) is 6.42 Å². The largest absolute Gasteiger partial charge is 0.338 e. The third kappa shape index (κ3) is 3.96. The van der Waals surface area contributed by atoms with E-state index in [2.05, 4.69) is 16.9 Å². The van der Waals surface area contributed by atoms with Crippen LogP contribution in [-0.4, -0.2) is 28.2 Å². The highest BCUT2D eigenvalue weighted by Gasteiger charge is 2.23. The molecule has 3 rings (SSSR count). The third-order valence-corrected chi connectivity index (χ3v) is 4.48. The zero-order valence-electron chi connectivity index (χ0n) is 14.6. The molecule has 1 aliphatic heterocycles. The fourth-order valence-corrected chi connectivity index (χ4v) is 3.06. The zero-order chi connectivity index (χ0) is 19.4. The minimum Gasteiger partial charge on any atom is -0.338 e. The van der Waals surface area contributed by atoms with Crippen LogP contribution in [0.3, 0.4) is 0 Å². The highest BCUT2D eigenvalue weighted by atomic mass is 16.2. The van der Waals surface area contributed by atoms with Crippen LogP contribution < -0.4 is 10.9 Å². The van der Waals surface area contributed by atoms with Crippen molar-refractivity contribution in [3.8, 4) is 6.07 Å². The Labute approximate surface area is 155 Å². The molecule has 2 amide bonds. The first kappa shape index (κ1) is 18.1. The lowest BCUT2D eigenvalue weighted by molar-refractivity contribution is -0.131. The van der Waals surface area contributed by atoms with Crippen LogP contribution in [0.2, 0.25) is 0 Å². The van der Waals surface area contributed by atoms with Crippen LogP contribution in [0.4, 0.5) is 5.69 Å². The van der Waals surface area contributed by atoms with Crippen LogP contribution >= 0.6 is 0 Å². The number of carbonyl (C=O) groups is 2. The van der Waals surface area contributed by atoms with Gasteiger partial charge in [0.1, 0.15) is 11.6 Å². The van der Waals surface area contributed by atoms with Gasteiger partial charge in [-0.1, -0.05) is 24.8 Å². The zero-order valence-corrected chi connectivity index (χ0v) is 14.6. The van der Waals surface area contributed by atoms with Crippen LogP contribution in [0.5, 0.6) is 0 Å². The second kappa shape index (κ2) is 7.70. The number of fused-ring (bicyclic) bond motifs is 1. The molecule has 0 saturated carbocycles. The summed E-state index contributed by atoms with van der Waals surface area (Å²) in [5.41, 5.74) is 2.47. The molecule has 0 unspecified atom stereocenters. The molecule has 0 aliphatic carbocycles. The number of para-hydroxylation sites is 1. The van der Waals surface area contributed by atoms with Gasteiger partial charge < -0.3 is 15.2 Å². The summed E-state index contributed by atoms with van der Waals surface area (Å²) in [6.07, 6.45) is 1.84. The molecule has 2 N–H and O–H groups in total. The highest BCUT2D eigenvalue weighted by Crippen LogP contribution is 2.20. The van der Waals surface area contributed by atoms with E-state index < -0.39 is 5.56 Å². The molecule has 136 valence electrons. The van der Waals surface area contributed by atoms with E-state index >= 15 is 0 Å². The molecule has 7 nitrogen and oxygen atoms in total. The third-order valence-electron chi connectivity index (χ3n) is 4.48. The Hall–Kier alpha value is -3.66. The number of aromatic amines is 1.